The molecule has 1 atom stereocenters. The Hall–Kier alpha value is -4.42. The van der Waals surface area contributed by atoms with Crippen LogP contribution >= 0.6 is 0 Å². The van der Waals surface area contributed by atoms with Crippen molar-refractivity contribution in [2.75, 3.05) is 51.1 Å². The number of rotatable bonds is 6. The zero-order valence-corrected chi connectivity index (χ0v) is 29.9. The number of fused-ring (bicyclic) bond motifs is 2. The van der Waals surface area contributed by atoms with Crippen molar-refractivity contribution in [1.82, 2.24) is 24.6 Å². The third-order valence-electron chi connectivity index (χ3n) is 11.6. The molecule has 0 radical (unpaired) electrons. The summed E-state index contributed by atoms with van der Waals surface area (Å²) in [6.07, 6.45) is 4.46. The van der Waals surface area contributed by atoms with Gasteiger partial charge in [0.2, 0.25) is 5.56 Å². The number of likely N-dealkylation sites (tertiary alicyclic amines) is 3. The van der Waals surface area contributed by atoms with Gasteiger partial charge in [-0.15, -0.1) is 0 Å². The molecule has 272 valence electrons. The second kappa shape index (κ2) is 14.7. The van der Waals surface area contributed by atoms with Gasteiger partial charge in [-0.2, -0.15) is 0 Å². The normalized spacial score (nSPS) is 21.2. The van der Waals surface area contributed by atoms with E-state index in [-0.39, 0.29) is 35.5 Å². The van der Waals surface area contributed by atoms with E-state index in [0.29, 0.717) is 51.6 Å². The minimum absolute atomic E-state index is 0.00704. The SMILES string of the molecule is Cc1cc(C[C@@H](OC(=O)N2CCC(N3CCc4ccccc4NC3=O)CC2)C(=O)N2CCC(N3CCC(C)(N)CC3)CC2)cc2ccc(=O)[nH]c12. The van der Waals surface area contributed by atoms with Crippen LogP contribution < -0.4 is 16.6 Å². The zero-order chi connectivity index (χ0) is 35.7. The van der Waals surface area contributed by atoms with E-state index < -0.39 is 12.2 Å². The first-order valence-corrected chi connectivity index (χ1v) is 18.6. The molecule has 0 spiro atoms. The Balaban J connectivity index is 1.01. The summed E-state index contributed by atoms with van der Waals surface area (Å²) in [5.74, 6) is -0.176. The number of ether oxygens (including phenoxy) is 1. The molecule has 1 aromatic heterocycles. The summed E-state index contributed by atoms with van der Waals surface area (Å²) in [6, 6.07) is 15.4. The van der Waals surface area contributed by atoms with Gasteiger partial charge in [0.1, 0.15) is 0 Å². The maximum Gasteiger partial charge on any atom is 0.410 e. The number of nitrogens with zero attached hydrogens (tertiary/aromatic N) is 4. The van der Waals surface area contributed by atoms with Gasteiger partial charge in [0.05, 0.1) is 5.52 Å². The number of amides is 4. The molecule has 7 rings (SSSR count). The van der Waals surface area contributed by atoms with Gasteiger partial charge >= 0.3 is 12.1 Å². The van der Waals surface area contributed by atoms with Crippen LogP contribution in [0.3, 0.4) is 0 Å². The van der Waals surface area contributed by atoms with Gasteiger partial charge in [-0.25, -0.2) is 9.59 Å². The number of hydrogen-bond donors (Lipinski definition) is 3. The number of aromatic amines is 1. The minimum Gasteiger partial charge on any atom is -0.436 e. The van der Waals surface area contributed by atoms with E-state index in [9.17, 15) is 19.2 Å². The van der Waals surface area contributed by atoms with Crippen LogP contribution in [-0.2, 0) is 22.4 Å². The molecule has 4 amide bonds. The first-order valence-electron chi connectivity index (χ1n) is 18.6. The van der Waals surface area contributed by atoms with Crippen molar-refractivity contribution in [2.45, 2.75) is 88.9 Å². The number of anilines is 1. The van der Waals surface area contributed by atoms with Gasteiger partial charge in [-0.05, 0) is 99.1 Å². The first kappa shape index (κ1) is 35.0. The lowest BCUT2D eigenvalue weighted by atomic mass is 9.89. The Morgan fingerprint density at radius 2 is 1.59 bits per heavy atom. The molecule has 3 aromatic rings. The highest BCUT2D eigenvalue weighted by Crippen LogP contribution is 2.28. The van der Waals surface area contributed by atoms with E-state index in [2.05, 4.69) is 22.1 Å². The number of pyridine rings is 1. The summed E-state index contributed by atoms with van der Waals surface area (Å²) < 4.78 is 6.13. The van der Waals surface area contributed by atoms with Gasteiger partial charge in [0.15, 0.2) is 6.10 Å². The van der Waals surface area contributed by atoms with Crippen molar-refractivity contribution in [1.29, 1.82) is 0 Å². The van der Waals surface area contributed by atoms with Crippen LogP contribution in [0, 0.1) is 6.92 Å². The number of nitrogens with one attached hydrogen (secondary N) is 2. The van der Waals surface area contributed by atoms with Crippen molar-refractivity contribution in [2.24, 2.45) is 5.73 Å². The van der Waals surface area contributed by atoms with Gasteiger partial charge in [0.25, 0.3) is 5.91 Å². The van der Waals surface area contributed by atoms with E-state index in [1.54, 1.807) is 11.0 Å². The topological polar surface area (TPSA) is 144 Å². The molecule has 51 heavy (non-hydrogen) atoms. The number of nitrogens with two attached hydrogens (primary N) is 1. The molecule has 0 aliphatic carbocycles. The van der Waals surface area contributed by atoms with Gasteiger partial charge < -0.3 is 40.4 Å². The number of hydrogen-bond acceptors (Lipinski definition) is 7. The quantitative estimate of drug-likeness (QED) is 0.350. The second-order valence-corrected chi connectivity index (χ2v) is 15.3. The van der Waals surface area contributed by atoms with Gasteiger partial charge in [-0.1, -0.05) is 24.3 Å². The number of carbonyl (C=O) groups excluding carboxylic acids is 3. The highest BCUT2D eigenvalue weighted by molar-refractivity contribution is 5.91. The second-order valence-electron chi connectivity index (χ2n) is 15.3. The number of piperidine rings is 3. The number of urea groups is 1. The van der Waals surface area contributed by atoms with Crippen LogP contribution in [0.15, 0.2) is 53.3 Å². The molecule has 12 nitrogen and oxygen atoms in total. The zero-order valence-electron chi connectivity index (χ0n) is 29.9. The fraction of sp³-hybridized carbons (Fsp3) is 0.538. The van der Waals surface area contributed by atoms with Gasteiger partial charge in [-0.3, -0.25) is 9.59 Å². The molecule has 4 aliphatic rings. The number of H-pyrrole nitrogens is 1. The van der Waals surface area contributed by atoms with Crippen molar-refractivity contribution in [3.05, 3.63) is 75.6 Å². The molecule has 12 heteroatoms. The molecule has 0 saturated carbocycles. The summed E-state index contributed by atoms with van der Waals surface area (Å²) in [7, 11) is 0. The molecular weight excluding hydrogens is 646 g/mol. The molecule has 0 unspecified atom stereocenters. The maximum absolute atomic E-state index is 14.2. The van der Waals surface area contributed by atoms with Crippen LogP contribution in [0.2, 0.25) is 0 Å². The lowest BCUT2D eigenvalue weighted by molar-refractivity contribution is -0.142. The van der Waals surface area contributed by atoms with Crippen LogP contribution in [0.25, 0.3) is 10.9 Å². The Morgan fingerprint density at radius 1 is 0.902 bits per heavy atom. The average molecular weight is 698 g/mol. The molecule has 3 fully saturated rings. The van der Waals surface area contributed by atoms with Crippen molar-refractivity contribution in [3.63, 3.8) is 0 Å². The lowest BCUT2D eigenvalue weighted by Crippen LogP contribution is -2.55. The van der Waals surface area contributed by atoms with E-state index in [1.165, 1.54) is 6.07 Å². The van der Waals surface area contributed by atoms with Crippen LogP contribution in [-0.4, -0.2) is 112 Å². The summed E-state index contributed by atoms with van der Waals surface area (Å²) in [5, 5.41) is 3.92. The Morgan fingerprint density at radius 3 is 2.33 bits per heavy atom. The number of aryl methyl sites for hydroxylation is 1. The van der Waals surface area contributed by atoms with Crippen molar-refractivity contribution >= 4 is 34.6 Å². The fourth-order valence-electron chi connectivity index (χ4n) is 8.38. The van der Waals surface area contributed by atoms with E-state index in [1.807, 2.05) is 53.1 Å². The predicted molar refractivity (Wildman–Crippen MR) is 197 cm³/mol. The molecular formula is C39H51N7O5. The van der Waals surface area contributed by atoms with Crippen molar-refractivity contribution in [3.8, 4) is 0 Å². The monoisotopic (exact) mass is 697 g/mol. The lowest BCUT2D eigenvalue weighted by Gasteiger charge is -2.44. The van der Waals surface area contributed by atoms with Crippen molar-refractivity contribution < 1.29 is 19.1 Å². The summed E-state index contributed by atoms with van der Waals surface area (Å²) in [5.41, 5.74) is 10.6. The molecule has 4 aliphatic heterocycles. The third kappa shape index (κ3) is 7.92. The third-order valence-corrected chi connectivity index (χ3v) is 11.6. The highest BCUT2D eigenvalue weighted by Gasteiger charge is 2.37. The smallest absolute Gasteiger partial charge is 0.410 e. The largest absolute Gasteiger partial charge is 0.436 e. The Kier molecular flexibility index (Phi) is 10.1. The average Bonchev–Trinajstić information content (AvgIpc) is 3.29. The number of aromatic nitrogens is 1. The predicted octanol–water partition coefficient (Wildman–Crippen LogP) is 4.24. The summed E-state index contributed by atoms with van der Waals surface area (Å²) >= 11 is 0. The number of para-hydroxylation sites is 1. The molecule has 3 saturated heterocycles. The summed E-state index contributed by atoms with van der Waals surface area (Å²) in [6.45, 7) is 8.72. The van der Waals surface area contributed by atoms with E-state index in [0.717, 1.165) is 78.5 Å². The summed E-state index contributed by atoms with van der Waals surface area (Å²) in [4.78, 5) is 63.9. The maximum atomic E-state index is 14.2. The number of benzene rings is 2. The molecule has 5 heterocycles. The first-order chi connectivity index (χ1) is 24.5. The molecule has 4 N–H and O–H groups in total. The number of carbonyl (C=O) groups is 3. The Bertz CT molecular complexity index is 1820. The highest BCUT2D eigenvalue weighted by atomic mass is 16.6. The Labute approximate surface area is 299 Å². The fourth-order valence-corrected chi connectivity index (χ4v) is 8.38. The van der Waals surface area contributed by atoms with E-state index in [4.69, 9.17) is 10.5 Å². The molecule has 0 bridgehead atoms. The van der Waals surface area contributed by atoms with E-state index >= 15 is 0 Å². The van der Waals surface area contributed by atoms with Crippen LogP contribution in [0.5, 0.6) is 0 Å². The van der Waals surface area contributed by atoms with Crippen LogP contribution in [0.1, 0.15) is 62.1 Å². The standard InChI is InChI=1S/C39H51N7O5/c1-26-23-27(24-29-7-8-34(47)42-35(26)29)25-33(36(48)44-16-10-30(11-17-44)43-21-14-39(2,40)15-22-43)51-38(50)45-18-12-31(13-19-45)46-20-9-28-5-3-4-6-32(28)41-37(46)49/h3-8,23-24,30-31,33H,9-22,25,40H2,1-2H3,(H,41,49)(H,42,47)/t33-/m1/s1. The van der Waals surface area contributed by atoms with Gasteiger partial charge in [0, 0.05) is 81.6 Å². The molecule has 2 aromatic carbocycles. The van der Waals surface area contributed by atoms with Crippen LogP contribution in [0.4, 0.5) is 15.3 Å². The minimum atomic E-state index is -0.991.